The normalized spacial score (nSPS) is 11.5. The number of aryl methyl sites for hydroxylation is 2. The first-order chi connectivity index (χ1) is 8.92. The lowest BCUT2D eigenvalue weighted by Gasteiger charge is -2.04. The van der Waals surface area contributed by atoms with Crippen molar-refractivity contribution in [3.05, 3.63) is 35.0 Å². The summed E-state index contributed by atoms with van der Waals surface area (Å²) in [5.74, 6) is 0.664. The minimum Gasteiger partial charge on any atom is -0.334 e. The van der Waals surface area contributed by atoms with Crippen LogP contribution >= 0.6 is 15.9 Å². The van der Waals surface area contributed by atoms with Crippen LogP contribution in [0.2, 0.25) is 0 Å². The predicted octanol–water partition coefficient (Wildman–Crippen LogP) is 2.17. The zero-order valence-corrected chi connectivity index (χ0v) is 12.9. The second-order valence-electron chi connectivity index (χ2n) is 3.89. The van der Waals surface area contributed by atoms with Crippen LogP contribution in [0.3, 0.4) is 0 Å². The van der Waals surface area contributed by atoms with Gasteiger partial charge in [0.25, 0.3) is 10.0 Å². The SMILES string of the molecule is CCn1cc(S(=O)(=O)Nc2ccc(Br)nc2)nc1C. The average Bonchev–Trinajstić information content (AvgIpc) is 2.74. The molecular weight excluding hydrogens is 332 g/mol. The van der Waals surface area contributed by atoms with Crippen LogP contribution in [-0.2, 0) is 16.6 Å². The van der Waals surface area contributed by atoms with Crippen LogP contribution in [0.4, 0.5) is 5.69 Å². The van der Waals surface area contributed by atoms with Crippen molar-refractivity contribution in [1.29, 1.82) is 0 Å². The van der Waals surface area contributed by atoms with Crippen molar-refractivity contribution in [2.24, 2.45) is 0 Å². The lowest BCUT2D eigenvalue weighted by Crippen LogP contribution is -2.13. The van der Waals surface area contributed by atoms with E-state index in [1.165, 1.54) is 12.4 Å². The highest BCUT2D eigenvalue weighted by molar-refractivity contribution is 9.10. The number of hydrogen-bond donors (Lipinski definition) is 1. The van der Waals surface area contributed by atoms with Gasteiger partial charge in [0.05, 0.1) is 11.9 Å². The first-order valence-corrected chi connectivity index (χ1v) is 7.88. The standard InChI is InChI=1S/C11H13BrN4O2S/c1-3-16-7-11(14-8(16)2)19(17,18)15-9-4-5-10(12)13-6-9/h4-7,15H,3H2,1-2H3. The van der Waals surface area contributed by atoms with Crippen LogP contribution in [0, 0.1) is 6.92 Å². The lowest BCUT2D eigenvalue weighted by atomic mass is 10.4. The monoisotopic (exact) mass is 344 g/mol. The highest BCUT2D eigenvalue weighted by atomic mass is 79.9. The Hall–Kier alpha value is -1.41. The average molecular weight is 345 g/mol. The van der Waals surface area contributed by atoms with Gasteiger partial charge in [-0.25, -0.2) is 9.97 Å². The predicted molar refractivity (Wildman–Crippen MR) is 75.4 cm³/mol. The Labute approximate surface area is 120 Å². The van der Waals surface area contributed by atoms with Gasteiger partial charge in [-0.1, -0.05) is 0 Å². The number of hydrogen-bond acceptors (Lipinski definition) is 4. The number of nitrogens with zero attached hydrogens (tertiary/aromatic N) is 3. The maximum Gasteiger partial charge on any atom is 0.281 e. The summed E-state index contributed by atoms with van der Waals surface area (Å²) in [5, 5.41) is 0.00905. The quantitative estimate of drug-likeness (QED) is 0.862. The van der Waals surface area contributed by atoms with Crippen molar-refractivity contribution in [1.82, 2.24) is 14.5 Å². The second kappa shape index (κ2) is 5.30. The lowest BCUT2D eigenvalue weighted by molar-refractivity contribution is 0.598. The molecule has 0 bridgehead atoms. The number of sulfonamides is 1. The number of halogens is 1. The molecule has 19 heavy (non-hydrogen) atoms. The van der Waals surface area contributed by atoms with E-state index in [-0.39, 0.29) is 5.03 Å². The van der Waals surface area contributed by atoms with E-state index < -0.39 is 10.0 Å². The molecule has 0 aliphatic carbocycles. The maximum atomic E-state index is 12.1. The van der Waals surface area contributed by atoms with Crippen LogP contribution in [0.25, 0.3) is 0 Å². The van der Waals surface area contributed by atoms with Crippen molar-refractivity contribution in [2.45, 2.75) is 25.4 Å². The minimum atomic E-state index is -3.68. The van der Waals surface area contributed by atoms with E-state index in [0.29, 0.717) is 22.7 Å². The molecule has 0 aliphatic rings. The first kappa shape index (κ1) is 14.0. The molecule has 2 aromatic heterocycles. The minimum absolute atomic E-state index is 0.00905. The van der Waals surface area contributed by atoms with Crippen molar-refractivity contribution in [3.63, 3.8) is 0 Å². The third-order valence-corrected chi connectivity index (χ3v) is 4.27. The van der Waals surface area contributed by atoms with Gasteiger partial charge in [0, 0.05) is 12.7 Å². The summed E-state index contributed by atoms with van der Waals surface area (Å²) >= 11 is 3.19. The number of pyridine rings is 1. The van der Waals surface area contributed by atoms with Crippen LogP contribution in [0.15, 0.2) is 34.2 Å². The maximum absolute atomic E-state index is 12.1. The molecule has 6 nitrogen and oxygen atoms in total. The molecule has 0 atom stereocenters. The van der Waals surface area contributed by atoms with Gasteiger partial charge in [0.1, 0.15) is 10.4 Å². The molecule has 0 radical (unpaired) electrons. The molecule has 1 N–H and O–H groups in total. The Morgan fingerprint density at radius 3 is 2.68 bits per heavy atom. The Balaban J connectivity index is 2.29. The fraction of sp³-hybridized carbons (Fsp3) is 0.273. The Bertz CT molecular complexity index is 679. The fourth-order valence-electron chi connectivity index (χ4n) is 1.57. The Morgan fingerprint density at radius 1 is 1.42 bits per heavy atom. The largest absolute Gasteiger partial charge is 0.334 e. The van der Waals surface area contributed by atoms with E-state index >= 15 is 0 Å². The van der Waals surface area contributed by atoms with E-state index in [0.717, 1.165) is 0 Å². The summed E-state index contributed by atoms with van der Waals surface area (Å²) in [4.78, 5) is 8.01. The van der Waals surface area contributed by atoms with E-state index in [1.54, 1.807) is 23.6 Å². The highest BCUT2D eigenvalue weighted by Gasteiger charge is 2.19. The van der Waals surface area contributed by atoms with Crippen LogP contribution in [0.1, 0.15) is 12.7 Å². The van der Waals surface area contributed by atoms with E-state index in [1.807, 2.05) is 6.92 Å². The molecule has 0 fully saturated rings. The van der Waals surface area contributed by atoms with E-state index in [2.05, 4.69) is 30.6 Å². The summed E-state index contributed by atoms with van der Waals surface area (Å²) in [6.45, 7) is 4.37. The third-order valence-electron chi connectivity index (χ3n) is 2.55. The third kappa shape index (κ3) is 3.13. The fourth-order valence-corrected chi connectivity index (χ4v) is 2.86. The van der Waals surface area contributed by atoms with Crippen molar-refractivity contribution >= 4 is 31.6 Å². The summed E-state index contributed by atoms with van der Waals surface area (Å²) in [7, 11) is -3.68. The smallest absolute Gasteiger partial charge is 0.281 e. The van der Waals surface area contributed by atoms with Crippen LogP contribution < -0.4 is 4.72 Å². The van der Waals surface area contributed by atoms with E-state index in [4.69, 9.17) is 0 Å². The van der Waals surface area contributed by atoms with Crippen LogP contribution in [0.5, 0.6) is 0 Å². The first-order valence-electron chi connectivity index (χ1n) is 5.60. The highest BCUT2D eigenvalue weighted by Crippen LogP contribution is 2.16. The van der Waals surface area contributed by atoms with Gasteiger partial charge in [-0.3, -0.25) is 4.72 Å². The molecule has 0 saturated carbocycles. The number of rotatable bonds is 4. The van der Waals surface area contributed by atoms with Gasteiger partial charge >= 0.3 is 0 Å². The Kier molecular flexibility index (Phi) is 3.91. The molecule has 8 heteroatoms. The van der Waals surface area contributed by atoms with Gasteiger partial charge in [0.2, 0.25) is 0 Å². The number of nitrogens with one attached hydrogen (secondary N) is 1. The van der Waals surface area contributed by atoms with Gasteiger partial charge < -0.3 is 4.57 Å². The zero-order valence-electron chi connectivity index (χ0n) is 10.5. The second-order valence-corrected chi connectivity index (χ2v) is 6.33. The van der Waals surface area contributed by atoms with Crippen LogP contribution in [-0.4, -0.2) is 23.0 Å². The van der Waals surface area contributed by atoms with E-state index in [9.17, 15) is 8.42 Å². The number of imidazole rings is 1. The molecule has 0 aliphatic heterocycles. The summed E-state index contributed by atoms with van der Waals surface area (Å²) in [5.41, 5.74) is 0.395. The summed E-state index contributed by atoms with van der Waals surface area (Å²) < 4.78 is 29.1. The molecule has 2 heterocycles. The molecule has 102 valence electrons. The summed E-state index contributed by atoms with van der Waals surface area (Å²) in [6, 6.07) is 3.28. The molecular formula is C11H13BrN4O2S. The van der Waals surface area contributed by atoms with Gasteiger partial charge in [-0.15, -0.1) is 0 Å². The molecule has 0 amide bonds. The van der Waals surface area contributed by atoms with Crippen molar-refractivity contribution in [3.8, 4) is 0 Å². The van der Waals surface area contributed by atoms with Crippen molar-refractivity contribution in [2.75, 3.05) is 4.72 Å². The molecule has 0 spiro atoms. The zero-order chi connectivity index (χ0) is 14.0. The topological polar surface area (TPSA) is 76.9 Å². The van der Waals surface area contributed by atoms with Gasteiger partial charge in [-0.05, 0) is 41.9 Å². The Morgan fingerprint density at radius 2 is 2.16 bits per heavy atom. The molecule has 2 aromatic rings. The van der Waals surface area contributed by atoms with Gasteiger partial charge in [-0.2, -0.15) is 8.42 Å². The summed E-state index contributed by atoms with van der Waals surface area (Å²) in [6.07, 6.45) is 2.95. The number of aromatic nitrogens is 3. The molecule has 2 rings (SSSR count). The van der Waals surface area contributed by atoms with Crippen molar-refractivity contribution < 1.29 is 8.42 Å². The van der Waals surface area contributed by atoms with Gasteiger partial charge in [0.15, 0.2) is 5.03 Å². The number of anilines is 1. The molecule has 0 aromatic carbocycles. The molecule has 0 unspecified atom stereocenters. The molecule has 0 saturated heterocycles.